The lowest BCUT2D eigenvalue weighted by molar-refractivity contribution is 0.0908. The molecule has 0 aliphatic carbocycles. The van der Waals surface area contributed by atoms with Crippen LogP contribution < -0.4 is 5.73 Å². The van der Waals surface area contributed by atoms with Gasteiger partial charge in [0, 0.05) is 12.0 Å². The van der Waals surface area contributed by atoms with E-state index in [-0.39, 0.29) is 5.56 Å². The van der Waals surface area contributed by atoms with Crippen molar-refractivity contribution in [2.75, 3.05) is 0 Å². The zero-order valence-electron chi connectivity index (χ0n) is 9.55. The number of nitrogens with two attached hydrogens (primary N) is 1. The largest absolute Gasteiger partial charge is 0.327 e. The maximum atomic E-state index is 13.6. The van der Waals surface area contributed by atoms with Crippen molar-refractivity contribution in [3.63, 3.8) is 0 Å². The van der Waals surface area contributed by atoms with Crippen LogP contribution in [0.15, 0.2) is 12.1 Å². The Morgan fingerprint density at radius 2 is 1.88 bits per heavy atom. The van der Waals surface area contributed by atoms with Crippen molar-refractivity contribution < 1.29 is 13.6 Å². The highest BCUT2D eigenvalue weighted by Crippen LogP contribution is 2.20. The van der Waals surface area contributed by atoms with Crippen LogP contribution in [-0.2, 0) is 0 Å². The van der Waals surface area contributed by atoms with E-state index in [4.69, 9.17) is 5.73 Å². The quantitative estimate of drug-likeness (QED) is 0.806. The molecular weight excluding hydrogens is 212 g/mol. The Bertz CT molecular complexity index is 416. The number of benzene rings is 1. The summed E-state index contributed by atoms with van der Waals surface area (Å²) in [6.07, 6.45) is 0. The number of aryl methyl sites for hydroxylation is 1. The van der Waals surface area contributed by atoms with E-state index in [2.05, 4.69) is 0 Å². The normalized spacial score (nSPS) is 14.6. The van der Waals surface area contributed by atoms with Crippen molar-refractivity contribution >= 4 is 5.78 Å². The highest BCUT2D eigenvalue weighted by molar-refractivity contribution is 5.98. The average molecular weight is 227 g/mol. The van der Waals surface area contributed by atoms with E-state index < -0.39 is 34.9 Å². The molecule has 4 heteroatoms. The second-order valence-electron chi connectivity index (χ2n) is 4.07. The van der Waals surface area contributed by atoms with Crippen LogP contribution in [0, 0.1) is 24.5 Å². The Morgan fingerprint density at radius 1 is 1.31 bits per heavy atom. The van der Waals surface area contributed by atoms with Gasteiger partial charge in [-0.05, 0) is 25.5 Å². The average Bonchev–Trinajstić information content (AvgIpc) is 2.22. The van der Waals surface area contributed by atoms with Gasteiger partial charge in [0.2, 0.25) is 0 Å². The zero-order valence-corrected chi connectivity index (χ0v) is 9.55. The van der Waals surface area contributed by atoms with E-state index in [1.807, 2.05) is 0 Å². The summed E-state index contributed by atoms with van der Waals surface area (Å²) in [6, 6.07) is 1.96. The molecule has 0 fully saturated rings. The maximum Gasteiger partial charge on any atom is 0.173 e. The van der Waals surface area contributed by atoms with Crippen LogP contribution in [0.4, 0.5) is 8.78 Å². The number of halogens is 2. The third kappa shape index (κ3) is 2.27. The number of carbonyl (C=O) groups is 1. The molecule has 0 saturated carbocycles. The SMILES string of the molecule is Cc1ccc(F)c(C(=O)C(C)C(C)N)c1F. The Balaban J connectivity index is 3.23. The highest BCUT2D eigenvalue weighted by Gasteiger charge is 2.25. The summed E-state index contributed by atoms with van der Waals surface area (Å²) < 4.78 is 27.0. The van der Waals surface area contributed by atoms with Gasteiger partial charge in [0.1, 0.15) is 11.6 Å². The fourth-order valence-electron chi connectivity index (χ4n) is 1.35. The third-order valence-corrected chi connectivity index (χ3v) is 2.73. The predicted molar refractivity (Wildman–Crippen MR) is 58.2 cm³/mol. The van der Waals surface area contributed by atoms with E-state index in [1.54, 1.807) is 13.8 Å². The van der Waals surface area contributed by atoms with Gasteiger partial charge in [-0.2, -0.15) is 0 Å². The monoisotopic (exact) mass is 227 g/mol. The van der Waals surface area contributed by atoms with E-state index in [0.29, 0.717) is 0 Å². The molecule has 0 radical (unpaired) electrons. The highest BCUT2D eigenvalue weighted by atomic mass is 19.1. The molecule has 1 aromatic rings. The lowest BCUT2D eigenvalue weighted by atomic mass is 9.92. The van der Waals surface area contributed by atoms with Crippen molar-refractivity contribution in [2.24, 2.45) is 11.7 Å². The van der Waals surface area contributed by atoms with Gasteiger partial charge < -0.3 is 5.73 Å². The van der Waals surface area contributed by atoms with Gasteiger partial charge in [-0.1, -0.05) is 13.0 Å². The lowest BCUT2D eigenvalue weighted by Gasteiger charge is -2.15. The molecule has 88 valence electrons. The van der Waals surface area contributed by atoms with Gasteiger partial charge in [-0.25, -0.2) is 8.78 Å². The van der Waals surface area contributed by atoms with Crippen LogP contribution >= 0.6 is 0 Å². The molecule has 1 rings (SSSR count). The fourth-order valence-corrected chi connectivity index (χ4v) is 1.35. The van der Waals surface area contributed by atoms with Crippen LogP contribution in [0.1, 0.15) is 29.8 Å². The topological polar surface area (TPSA) is 43.1 Å². The first-order valence-corrected chi connectivity index (χ1v) is 5.10. The molecule has 0 saturated heterocycles. The molecule has 0 amide bonds. The number of Topliss-reactive ketones (excluding diaryl/α,β-unsaturated/α-hetero) is 1. The number of carbonyl (C=O) groups excluding carboxylic acids is 1. The Hall–Kier alpha value is -1.29. The van der Waals surface area contributed by atoms with Crippen molar-refractivity contribution in [1.29, 1.82) is 0 Å². The van der Waals surface area contributed by atoms with Gasteiger partial charge in [0.05, 0.1) is 5.56 Å². The fraction of sp³-hybridized carbons (Fsp3) is 0.417. The van der Waals surface area contributed by atoms with Crippen molar-refractivity contribution in [2.45, 2.75) is 26.8 Å². The molecule has 0 bridgehead atoms. The molecule has 0 heterocycles. The summed E-state index contributed by atoms with van der Waals surface area (Å²) in [5, 5.41) is 0. The predicted octanol–water partition coefficient (Wildman–Crippen LogP) is 2.44. The minimum Gasteiger partial charge on any atom is -0.327 e. The summed E-state index contributed by atoms with van der Waals surface area (Å²) >= 11 is 0. The maximum absolute atomic E-state index is 13.6. The van der Waals surface area contributed by atoms with E-state index in [1.165, 1.54) is 13.0 Å². The second-order valence-corrected chi connectivity index (χ2v) is 4.07. The van der Waals surface area contributed by atoms with Crippen molar-refractivity contribution in [3.8, 4) is 0 Å². The van der Waals surface area contributed by atoms with E-state index in [0.717, 1.165) is 6.07 Å². The first kappa shape index (κ1) is 12.8. The first-order valence-electron chi connectivity index (χ1n) is 5.10. The van der Waals surface area contributed by atoms with Crippen LogP contribution in [0.2, 0.25) is 0 Å². The van der Waals surface area contributed by atoms with Gasteiger partial charge in [-0.15, -0.1) is 0 Å². The molecule has 0 spiro atoms. The Labute approximate surface area is 93.5 Å². The first-order chi connectivity index (χ1) is 7.36. The number of hydrogen-bond acceptors (Lipinski definition) is 2. The molecule has 2 N–H and O–H groups in total. The summed E-state index contributed by atoms with van der Waals surface area (Å²) in [4.78, 5) is 11.8. The zero-order chi connectivity index (χ0) is 12.5. The van der Waals surface area contributed by atoms with Crippen molar-refractivity contribution in [1.82, 2.24) is 0 Å². The number of ketones is 1. The number of hydrogen-bond donors (Lipinski definition) is 1. The molecule has 0 aliphatic rings. The minimum absolute atomic E-state index is 0.252. The van der Waals surface area contributed by atoms with Gasteiger partial charge in [-0.3, -0.25) is 4.79 Å². The van der Waals surface area contributed by atoms with Gasteiger partial charge in [0.25, 0.3) is 0 Å². The third-order valence-electron chi connectivity index (χ3n) is 2.73. The number of rotatable bonds is 3. The summed E-state index contributed by atoms with van der Waals surface area (Å²) in [5.41, 5.74) is 5.32. The standard InChI is InChI=1S/C12H15F2NO/c1-6-4-5-9(13)10(11(6)14)12(16)7(2)8(3)15/h4-5,7-8H,15H2,1-3H3. The van der Waals surface area contributed by atoms with Crippen LogP contribution in [0.25, 0.3) is 0 Å². The minimum atomic E-state index is -0.833. The van der Waals surface area contributed by atoms with Crippen LogP contribution in [-0.4, -0.2) is 11.8 Å². The smallest absolute Gasteiger partial charge is 0.173 e. The summed E-state index contributed by atoms with van der Waals surface area (Å²) in [7, 11) is 0. The molecule has 0 aliphatic heterocycles. The molecule has 16 heavy (non-hydrogen) atoms. The molecule has 1 aromatic carbocycles. The summed E-state index contributed by atoms with van der Waals surface area (Å²) in [6.45, 7) is 4.69. The van der Waals surface area contributed by atoms with E-state index in [9.17, 15) is 13.6 Å². The second kappa shape index (κ2) is 4.70. The van der Waals surface area contributed by atoms with E-state index >= 15 is 0 Å². The molecule has 2 nitrogen and oxygen atoms in total. The van der Waals surface area contributed by atoms with Gasteiger partial charge in [0.15, 0.2) is 5.78 Å². The molecule has 2 unspecified atom stereocenters. The Morgan fingerprint density at radius 3 is 2.38 bits per heavy atom. The Kier molecular flexibility index (Phi) is 3.75. The molecule has 2 atom stereocenters. The van der Waals surface area contributed by atoms with Gasteiger partial charge >= 0.3 is 0 Å². The van der Waals surface area contributed by atoms with Crippen LogP contribution in [0.3, 0.4) is 0 Å². The van der Waals surface area contributed by atoms with Crippen LogP contribution in [0.5, 0.6) is 0 Å². The molecular formula is C12H15F2NO. The lowest BCUT2D eigenvalue weighted by Crippen LogP contribution is -2.31. The van der Waals surface area contributed by atoms with Crippen molar-refractivity contribution in [3.05, 3.63) is 34.9 Å². The molecule has 0 aromatic heterocycles. The summed E-state index contributed by atoms with van der Waals surface area (Å²) in [5.74, 6) is -2.82.